The molecule has 27 nitrogen and oxygen atoms in total. The number of carbonyl (C=O) groups is 3. The first kappa shape index (κ1) is 62.8. The molecule has 0 aliphatic heterocycles. The number of hydrogen-bond acceptors (Lipinski definition) is 26. The molecule has 82 heavy (non-hydrogen) atoms. The number of nitrogen functional groups attached to an aromatic ring is 7. The first-order valence-electron chi connectivity index (χ1n) is 24.6. The van der Waals surface area contributed by atoms with E-state index in [1.54, 1.807) is 42.9 Å². The molecule has 430 valence electrons. The summed E-state index contributed by atoms with van der Waals surface area (Å²) in [5.41, 5.74) is 47.9. The first-order chi connectivity index (χ1) is 38.3. The fraction of sp³-hybridized carbons (Fsp3) is 0.278. The molecule has 0 atom stereocenters. The molecule has 6 aromatic heterocycles. The number of benzene rings is 3. The second-order valence-corrected chi connectivity index (χ2v) is 20.1. The van der Waals surface area contributed by atoms with Crippen LogP contribution in [0.4, 0.5) is 52.4 Å². The number of nitrogens with one attached hydrogen (secondary N) is 2. The predicted molar refractivity (Wildman–Crippen MR) is 320 cm³/mol. The van der Waals surface area contributed by atoms with Crippen LogP contribution in [-0.4, -0.2) is 94.0 Å². The molecule has 28 heteroatoms. The molecule has 0 bridgehead atoms. The van der Waals surface area contributed by atoms with Gasteiger partial charge >= 0.3 is 17.9 Å². The zero-order valence-electron chi connectivity index (χ0n) is 45.2. The highest BCUT2D eigenvalue weighted by Crippen LogP contribution is 2.20. The largest absolute Gasteiger partial charge is 0.481 e. The number of carbonyl (C=O) groups excluding carboxylic acids is 2. The SMILES string of the molecule is C.CC(C)(C)OC(=O)Cc1ccc(N)cc1.CC(C)(C)OC(=O)Cc1ccc(NCc2cnc3nc(N)nc(N)c3n2)cc1.Nc1nc(N)c2nc(CBr)cnc2n1.Nc1nc(N)c2nc(CNc3ccc(CC(=O)O)cc3)cnc2n1. The number of aromatic nitrogens is 12. The minimum atomic E-state index is -0.859. The van der Waals surface area contributed by atoms with Gasteiger partial charge in [-0.25, -0.2) is 29.9 Å². The lowest BCUT2D eigenvalue weighted by Gasteiger charge is -2.19. The van der Waals surface area contributed by atoms with Crippen molar-refractivity contribution in [2.45, 2.75) is 97.9 Å². The average Bonchev–Trinajstić information content (AvgIpc) is 3.61. The Hall–Kier alpha value is -9.99. The van der Waals surface area contributed by atoms with Gasteiger partial charge in [0.1, 0.15) is 11.2 Å². The van der Waals surface area contributed by atoms with Crippen molar-refractivity contribution in [3.8, 4) is 0 Å². The summed E-state index contributed by atoms with van der Waals surface area (Å²) < 4.78 is 10.5. The zero-order valence-corrected chi connectivity index (χ0v) is 46.8. The Morgan fingerprint density at radius 2 is 0.793 bits per heavy atom. The van der Waals surface area contributed by atoms with Gasteiger partial charge in [-0.15, -0.1) is 0 Å². The third-order valence-corrected chi connectivity index (χ3v) is 10.9. The van der Waals surface area contributed by atoms with Crippen LogP contribution in [0.1, 0.15) is 82.7 Å². The van der Waals surface area contributed by atoms with Crippen LogP contribution in [-0.2, 0) is 61.5 Å². The van der Waals surface area contributed by atoms with Crippen molar-refractivity contribution in [2.75, 3.05) is 50.8 Å². The summed E-state index contributed by atoms with van der Waals surface area (Å²) in [7, 11) is 0. The minimum Gasteiger partial charge on any atom is -0.481 e. The molecule has 0 spiro atoms. The van der Waals surface area contributed by atoms with Gasteiger partial charge in [-0.05, 0) is 94.6 Å². The van der Waals surface area contributed by atoms with Crippen molar-refractivity contribution in [3.63, 3.8) is 0 Å². The maximum atomic E-state index is 11.9. The molecule has 3 aromatic carbocycles. The Kier molecular flexibility index (Phi) is 21.6. The number of esters is 2. The molecular formula is C54H66BrN21O6. The smallest absolute Gasteiger partial charge is 0.310 e. The number of fused-ring (bicyclic) bond motifs is 3. The van der Waals surface area contributed by atoms with Gasteiger partial charge in [0.25, 0.3) is 0 Å². The van der Waals surface area contributed by atoms with Crippen molar-refractivity contribution < 1.29 is 29.0 Å². The van der Waals surface area contributed by atoms with Gasteiger partial charge in [-0.2, -0.15) is 29.9 Å². The number of ether oxygens (including phenoxy) is 2. The van der Waals surface area contributed by atoms with Gasteiger partial charge < -0.3 is 65.3 Å². The van der Waals surface area contributed by atoms with E-state index in [2.05, 4.69) is 86.4 Å². The van der Waals surface area contributed by atoms with E-state index >= 15 is 0 Å². The first-order valence-corrected chi connectivity index (χ1v) is 25.8. The number of carboxylic acid groups (broad SMARTS) is 1. The van der Waals surface area contributed by atoms with Crippen molar-refractivity contribution in [2.24, 2.45) is 0 Å². The lowest BCUT2D eigenvalue weighted by Crippen LogP contribution is -2.24. The van der Waals surface area contributed by atoms with E-state index in [1.165, 1.54) is 0 Å². The van der Waals surface area contributed by atoms with Crippen LogP contribution < -0.4 is 50.8 Å². The van der Waals surface area contributed by atoms with Crippen LogP contribution in [0.2, 0.25) is 0 Å². The van der Waals surface area contributed by atoms with E-state index in [0.717, 1.165) is 33.8 Å². The van der Waals surface area contributed by atoms with Gasteiger partial charge in [0.15, 0.2) is 50.9 Å². The lowest BCUT2D eigenvalue weighted by molar-refractivity contribution is -0.155. The van der Waals surface area contributed by atoms with Gasteiger partial charge in [0.2, 0.25) is 17.8 Å². The quantitative estimate of drug-likeness (QED) is 0.0350. The number of nitrogens with two attached hydrogens (primary N) is 7. The number of aliphatic carboxylic acids is 1. The molecule has 0 aliphatic carbocycles. The van der Waals surface area contributed by atoms with E-state index in [4.69, 9.17) is 54.7 Å². The number of carboxylic acids is 1. The molecule has 0 aliphatic rings. The number of halogens is 1. The molecule has 0 radical (unpaired) electrons. The Labute approximate surface area is 480 Å². The summed E-state index contributed by atoms with van der Waals surface area (Å²) in [5, 5.41) is 15.8. The molecule has 6 heterocycles. The molecule has 17 N–H and O–H groups in total. The average molecular weight is 1190 g/mol. The Morgan fingerprint density at radius 1 is 0.476 bits per heavy atom. The van der Waals surface area contributed by atoms with Gasteiger partial charge in [0, 0.05) is 22.4 Å². The Bertz CT molecular complexity index is 3640. The molecule has 0 saturated carbocycles. The summed E-state index contributed by atoms with van der Waals surface area (Å²) in [6, 6.07) is 21.9. The second-order valence-electron chi connectivity index (χ2n) is 19.6. The van der Waals surface area contributed by atoms with Crippen molar-refractivity contribution >= 4 is 120 Å². The molecule has 9 rings (SSSR count). The monoisotopic (exact) mass is 1180 g/mol. The second kappa shape index (κ2) is 28.2. The minimum absolute atomic E-state index is 0. The van der Waals surface area contributed by atoms with Gasteiger partial charge in [-0.3, -0.25) is 14.4 Å². The fourth-order valence-corrected chi connectivity index (χ4v) is 7.22. The summed E-state index contributed by atoms with van der Waals surface area (Å²) in [6.45, 7) is 12.0. The van der Waals surface area contributed by atoms with Crippen LogP contribution in [0, 0.1) is 0 Å². The molecule has 0 fully saturated rings. The van der Waals surface area contributed by atoms with Crippen LogP contribution in [0.3, 0.4) is 0 Å². The molecular weight excluding hydrogens is 1120 g/mol. The third-order valence-electron chi connectivity index (χ3n) is 10.4. The van der Waals surface area contributed by atoms with Gasteiger partial charge in [0.05, 0.1) is 68.0 Å². The molecule has 0 saturated heterocycles. The summed E-state index contributed by atoms with van der Waals surface area (Å²) in [4.78, 5) is 83.0. The van der Waals surface area contributed by atoms with Crippen LogP contribution >= 0.6 is 15.9 Å². The summed E-state index contributed by atoms with van der Waals surface area (Å²) >= 11 is 3.27. The number of rotatable bonds is 13. The number of hydrogen-bond donors (Lipinski definition) is 10. The molecule has 0 unspecified atom stereocenters. The molecule has 0 amide bonds. The fourth-order valence-electron chi connectivity index (χ4n) is 6.95. The highest BCUT2D eigenvalue weighted by Gasteiger charge is 2.18. The number of anilines is 9. The maximum absolute atomic E-state index is 11.9. The van der Waals surface area contributed by atoms with E-state index in [-0.39, 0.29) is 73.9 Å². The predicted octanol–water partition coefficient (Wildman–Crippen LogP) is 6.17. The van der Waals surface area contributed by atoms with Crippen molar-refractivity contribution in [3.05, 3.63) is 125 Å². The lowest BCUT2D eigenvalue weighted by atomic mass is 10.1. The highest BCUT2D eigenvalue weighted by atomic mass is 79.9. The number of nitrogens with zero attached hydrogens (tertiary/aromatic N) is 12. The Morgan fingerprint density at radius 3 is 1.12 bits per heavy atom. The summed E-state index contributed by atoms with van der Waals surface area (Å²) in [5.74, 6) is -0.458. The van der Waals surface area contributed by atoms with E-state index < -0.39 is 17.2 Å². The maximum Gasteiger partial charge on any atom is 0.310 e. The van der Waals surface area contributed by atoms with Gasteiger partial charge in [-0.1, -0.05) is 59.8 Å². The standard InChI is InChI=1S/C19H23N7O2.C15H15N7O2.C12H17NO2.C7H7BrN6.CH4/c1-19(2,3)28-14(27)8-11-4-6-12(7-5-11)22-9-13-10-23-17-15(24-13)16(20)25-18(21)26-17;16-13-12-14(22-15(17)21-13)19-7-10(20-12)6-18-9-3-1-8(2-4-9)5-11(23)24;1-12(2,3)15-11(14)8-9-4-6-10(13)7-5-9;8-1-3-2-11-6-4(12-3)5(9)13-7(10)14-6;/h4-7,10,22H,8-9H2,1-3H3,(H4,20,21,23,25,26);1-4,7,18H,5-6H2,(H,23,24)(H4,16,17,19,21,22);4-7H,8,13H2,1-3H3;2H,1H2,(H4,9,10,11,13,14);1H4. The summed E-state index contributed by atoms with van der Waals surface area (Å²) in [6.07, 6.45) is 5.33. The number of alkyl halides is 1. The molecule has 9 aromatic rings. The van der Waals surface area contributed by atoms with Crippen LogP contribution in [0.15, 0.2) is 91.4 Å². The Balaban J connectivity index is 0.000000208. The van der Waals surface area contributed by atoms with Crippen LogP contribution in [0.5, 0.6) is 0 Å². The van der Waals surface area contributed by atoms with Crippen molar-refractivity contribution in [1.82, 2.24) is 59.8 Å². The highest BCUT2D eigenvalue weighted by molar-refractivity contribution is 9.08. The normalized spacial score (nSPS) is 10.9. The van der Waals surface area contributed by atoms with Crippen LogP contribution in [0.25, 0.3) is 33.5 Å². The van der Waals surface area contributed by atoms with Crippen molar-refractivity contribution in [1.29, 1.82) is 0 Å². The van der Waals surface area contributed by atoms with E-state index in [0.29, 0.717) is 69.0 Å². The third kappa shape index (κ3) is 20.0. The van der Waals surface area contributed by atoms with E-state index in [1.807, 2.05) is 90.1 Å². The van der Waals surface area contributed by atoms with E-state index in [9.17, 15) is 14.4 Å². The topological polar surface area (TPSA) is 451 Å². The zero-order chi connectivity index (χ0) is 59.0.